The maximum atomic E-state index is 12.4. The Hall–Kier alpha value is -2.42. The number of anilines is 1. The number of nitrogens with zero attached hydrogens (tertiary/aromatic N) is 1. The zero-order valence-electron chi connectivity index (χ0n) is 15.6. The Labute approximate surface area is 160 Å². The molecule has 0 aliphatic carbocycles. The third kappa shape index (κ3) is 5.53. The van der Waals surface area contributed by atoms with E-state index in [9.17, 15) is 18.3 Å². The maximum Gasteiger partial charge on any atom is 0.319 e. The summed E-state index contributed by atoms with van der Waals surface area (Å²) in [5, 5.41) is 15.2. The zero-order chi connectivity index (χ0) is 20.0. The van der Waals surface area contributed by atoms with Crippen LogP contribution < -0.4 is 10.6 Å². The molecule has 2 aromatic rings. The summed E-state index contributed by atoms with van der Waals surface area (Å²) in [7, 11) is -2.04. The van der Waals surface area contributed by atoms with Crippen molar-refractivity contribution in [2.24, 2.45) is 0 Å². The Kier molecular flexibility index (Phi) is 6.95. The number of nitrogens with one attached hydrogen (secondary N) is 2. The first-order chi connectivity index (χ1) is 12.7. The number of sulfonamides is 1. The van der Waals surface area contributed by atoms with E-state index in [0.29, 0.717) is 11.3 Å². The van der Waals surface area contributed by atoms with E-state index in [0.717, 1.165) is 0 Å². The van der Waals surface area contributed by atoms with Crippen molar-refractivity contribution in [3.8, 4) is 0 Å². The van der Waals surface area contributed by atoms with Gasteiger partial charge in [0, 0.05) is 25.3 Å². The van der Waals surface area contributed by atoms with Gasteiger partial charge in [0.2, 0.25) is 10.0 Å². The van der Waals surface area contributed by atoms with Gasteiger partial charge in [0.15, 0.2) is 0 Å². The Balaban J connectivity index is 1.93. The first-order valence-corrected chi connectivity index (χ1v) is 10.0. The Morgan fingerprint density at radius 2 is 1.67 bits per heavy atom. The van der Waals surface area contributed by atoms with Crippen LogP contribution in [0.3, 0.4) is 0 Å². The van der Waals surface area contributed by atoms with E-state index in [1.54, 1.807) is 26.0 Å². The summed E-state index contributed by atoms with van der Waals surface area (Å²) in [6, 6.07) is 14.3. The molecule has 0 aliphatic heterocycles. The van der Waals surface area contributed by atoms with E-state index in [2.05, 4.69) is 10.6 Å². The second kappa shape index (κ2) is 8.98. The molecule has 0 fully saturated rings. The fraction of sp³-hybridized carbons (Fsp3) is 0.316. The quantitative estimate of drug-likeness (QED) is 0.675. The number of hydrogen-bond acceptors (Lipinski definition) is 4. The van der Waals surface area contributed by atoms with Gasteiger partial charge in [-0.25, -0.2) is 13.2 Å². The normalized spacial score (nSPS) is 12.8. The second-order valence-corrected chi connectivity index (χ2v) is 8.40. The fourth-order valence-corrected chi connectivity index (χ4v) is 3.68. The summed E-state index contributed by atoms with van der Waals surface area (Å²) in [4.78, 5) is 12.1. The Morgan fingerprint density at radius 3 is 2.22 bits per heavy atom. The number of urea groups is 1. The lowest BCUT2D eigenvalue weighted by Crippen LogP contribution is -2.33. The van der Waals surface area contributed by atoms with Crippen molar-refractivity contribution >= 4 is 21.7 Å². The molecule has 1 unspecified atom stereocenters. The number of carbonyl (C=O) groups excluding carboxylic acids is 1. The molecule has 7 nitrogen and oxygen atoms in total. The van der Waals surface area contributed by atoms with Crippen LogP contribution in [0.25, 0.3) is 0 Å². The standard InChI is InChI=1S/C19H25N3O4S/c1-14(2)22(3)27(25,26)17-11-9-16(10-12-17)21-19(24)20-13-18(23)15-7-5-4-6-8-15/h4-12,14,18,23H,13H2,1-3H3,(H2,20,21,24). The molecule has 0 radical (unpaired) electrons. The summed E-state index contributed by atoms with van der Waals surface area (Å²) in [6.45, 7) is 3.64. The predicted octanol–water partition coefficient (Wildman–Crippen LogP) is 2.57. The van der Waals surface area contributed by atoms with Gasteiger partial charge in [0.25, 0.3) is 0 Å². The third-order valence-corrected chi connectivity index (χ3v) is 6.20. The van der Waals surface area contributed by atoms with Gasteiger partial charge in [-0.1, -0.05) is 30.3 Å². The van der Waals surface area contributed by atoms with Crippen molar-refractivity contribution in [2.45, 2.75) is 30.9 Å². The van der Waals surface area contributed by atoms with E-state index >= 15 is 0 Å². The van der Waals surface area contributed by atoms with Crippen molar-refractivity contribution in [1.29, 1.82) is 0 Å². The van der Waals surface area contributed by atoms with Gasteiger partial charge in [-0.3, -0.25) is 0 Å². The lowest BCUT2D eigenvalue weighted by atomic mass is 10.1. The molecule has 0 saturated carbocycles. The minimum Gasteiger partial charge on any atom is -0.387 e. The monoisotopic (exact) mass is 391 g/mol. The van der Waals surface area contributed by atoms with Crippen LogP contribution in [0.5, 0.6) is 0 Å². The second-order valence-electron chi connectivity index (χ2n) is 6.40. The van der Waals surface area contributed by atoms with Crippen LogP contribution in [0.2, 0.25) is 0 Å². The zero-order valence-corrected chi connectivity index (χ0v) is 16.4. The number of aliphatic hydroxyl groups is 1. The van der Waals surface area contributed by atoms with Crippen LogP contribution in [0.1, 0.15) is 25.5 Å². The number of amides is 2. The summed E-state index contributed by atoms with van der Waals surface area (Å²) in [5.41, 5.74) is 1.16. The number of benzene rings is 2. The van der Waals surface area contributed by atoms with Gasteiger partial charge >= 0.3 is 6.03 Å². The molecular weight excluding hydrogens is 366 g/mol. The summed E-state index contributed by atoms with van der Waals surface area (Å²) in [6.07, 6.45) is -0.809. The van der Waals surface area contributed by atoms with Crippen molar-refractivity contribution in [1.82, 2.24) is 9.62 Å². The first kappa shape index (κ1) is 20.9. The van der Waals surface area contributed by atoms with Crippen LogP contribution in [0.15, 0.2) is 59.5 Å². The van der Waals surface area contributed by atoms with Crippen LogP contribution in [-0.2, 0) is 10.0 Å². The molecule has 0 aliphatic rings. The highest BCUT2D eigenvalue weighted by atomic mass is 32.2. The van der Waals surface area contributed by atoms with Gasteiger partial charge in [-0.2, -0.15) is 4.31 Å². The first-order valence-electron chi connectivity index (χ1n) is 8.57. The molecule has 3 N–H and O–H groups in total. The topological polar surface area (TPSA) is 98.7 Å². The van der Waals surface area contributed by atoms with Crippen molar-refractivity contribution in [3.05, 3.63) is 60.2 Å². The molecule has 146 valence electrons. The van der Waals surface area contributed by atoms with Crippen LogP contribution in [0, 0.1) is 0 Å². The van der Waals surface area contributed by atoms with Gasteiger partial charge in [-0.05, 0) is 43.7 Å². The summed E-state index contributed by atoms with van der Waals surface area (Å²) < 4.78 is 26.1. The van der Waals surface area contributed by atoms with Crippen LogP contribution in [-0.4, -0.2) is 43.5 Å². The molecule has 1 atom stereocenters. The molecule has 27 heavy (non-hydrogen) atoms. The highest BCUT2D eigenvalue weighted by Crippen LogP contribution is 2.19. The van der Waals surface area contributed by atoms with E-state index in [1.165, 1.54) is 35.6 Å². The molecule has 2 amide bonds. The van der Waals surface area contributed by atoms with Crippen molar-refractivity contribution in [3.63, 3.8) is 0 Å². The molecule has 2 aromatic carbocycles. The third-order valence-electron chi connectivity index (χ3n) is 4.16. The molecule has 0 saturated heterocycles. The maximum absolute atomic E-state index is 12.4. The molecule has 0 aromatic heterocycles. The Bertz CT molecular complexity index is 852. The van der Waals surface area contributed by atoms with E-state index in [4.69, 9.17) is 0 Å². The van der Waals surface area contributed by atoms with E-state index in [-0.39, 0.29) is 17.5 Å². The van der Waals surface area contributed by atoms with E-state index < -0.39 is 22.2 Å². The summed E-state index contributed by atoms with van der Waals surface area (Å²) in [5.74, 6) is 0. The summed E-state index contributed by atoms with van der Waals surface area (Å²) >= 11 is 0. The van der Waals surface area contributed by atoms with Gasteiger partial charge in [0.1, 0.15) is 0 Å². The van der Waals surface area contributed by atoms with Crippen LogP contribution in [0.4, 0.5) is 10.5 Å². The molecule has 8 heteroatoms. The molecular formula is C19H25N3O4S. The average molecular weight is 391 g/mol. The molecule has 0 spiro atoms. The number of aliphatic hydroxyl groups excluding tert-OH is 1. The van der Waals surface area contributed by atoms with Gasteiger partial charge in [-0.15, -0.1) is 0 Å². The number of carbonyl (C=O) groups is 1. The van der Waals surface area contributed by atoms with Crippen molar-refractivity contribution in [2.75, 3.05) is 18.9 Å². The highest BCUT2D eigenvalue weighted by Gasteiger charge is 2.22. The van der Waals surface area contributed by atoms with Gasteiger partial charge < -0.3 is 15.7 Å². The smallest absolute Gasteiger partial charge is 0.319 e. The Morgan fingerprint density at radius 1 is 1.07 bits per heavy atom. The molecule has 2 rings (SSSR count). The predicted molar refractivity (Wildman–Crippen MR) is 105 cm³/mol. The average Bonchev–Trinajstić information content (AvgIpc) is 2.66. The minimum absolute atomic E-state index is 0.0570. The lowest BCUT2D eigenvalue weighted by Gasteiger charge is -2.21. The highest BCUT2D eigenvalue weighted by molar-refractivity contribution is 7.89. The molecule has 0 bridgehead atoms. The number of rotatable bonds is 7. The van der Waals surface area contributed by atoms with Gasteiger partial charge in [0.05, 0.1) is 11.0 Å². The SMILES string of the molecule is CC(C)N(C)S(=O)(=O)c1ccc(NC(=O)NCC(O)c2ccccc2)cc1. The largest absolute Gasteiger partial charge is 0.387 e. The molecule has 0 heterocycles. The number of hydrogen-bond donors (Lipinski definition) is 3. The lowest BCUT2D eigenvalue weighted by molar-refractivity contribution is 0.175. The fourth-order valence-electron chi connectivity index (χ4n) is 2.31. The van der Waals surface area contributed by atoms with Crippen molar-refractivity contribution < 1.29 is 18.3 Å². The van der Waals surface area contributed by atoms with E-state index in [1.807, 2.05) is 18.2 Å². The minimum atomic E-state index is -3.56. The van der Waals surface area contributed by atoms with Crippen LogP contribution >= 0.6 is 0 Å².